The molecule has 0 aliphatic carbocycles. The highest BCUT2D eigenvalue weighted by atomic mass is 14.9. The third-order valence-electron chi connectivity index (χ3n) is 7.08. The topological polar surface area (TPSA) is 17.3 Å². The highest BCUT2D eigenvalue weighted by Gasteiger charge is 2.22. The number of fused-ring (bicyclic) bond motifs is 7. The van der Waals surface area contributed by atoms with Gasteiger partial charge in [-0.1, -0.05) is 81.4 Å². The first-order valence-corrected chi connectivity index (χ1v) is 11.6. The largest absolute Gasteiger partial charge is 0.306 e. The molecule has 0 saturated carbocycles. The van der Waals surface area contributed by atoms with E-state index in [2.05, 4.69) is 110 Å². The standard InChI is InChI=1S/C31H24N2/c1-31(2,3)26-18-20(17-19-9-4-5-10-21(19)26)28-30-25(15-16-32-28)24-13-8-12-23-22-11-6-7-14-27(22)33(30)29(23)24/h4-18H,1-3H3. The van der Waals surface area contributed by atoms with Crippen LogP contribution >= 0.6 is 0 Å². The van der Waals surface area contributed by atoms with E-state index in [0.717, 1.165) is 5.69 Å². The van der Waals surface area contributed by atoms with Gasteiger partial charge in [0.25, 0.3) is 0 Å². The van der Waals surface area contributed by atoms with E-state index in [1.54, 1.807) is 0 Å². The Hall–Kier alpha value is -3.91. The van der Waals surface area contributed by atoms with E-state index in [4.69, 9.17) is 4.98 Å². The first-order valence-electron chi connectivity index (χ1n) is 11.6. The maximum absolute atomic E-state index is 4.99. The Morgan fingerprint density at radius 3 is 2.12 bits per heavy atom. The predicted molar refractivity (Wildman–Crippen MR) is 141 cm³/mol. The number of benzene rings is 4. The molecule has 0 aliphatic rings. The Balaban J connectivity index is 1.69. The summed E-state index contributed by atoms with van der Waals surface area (Å²) >= 11 is 0. The Labute approximate surface area is 192 Å². The molecule has 0 radical (unpaired) electrons. The number of rotatable bonds is 1. The number of hydrogen-bond donors (Lipinski definition) is 0. The second kappa shape index (κ2) is 6.32. The van der Waals surface area contributed by atoms with E-state index in [1.807, 2.05) is 6.20 Å². The van der Waals surface area contributed by atoms with Crippen LogP contribution in [0.15, 0.2) is 91.1 Å². The molecule has 0 unspecified atom stereocenters. The molecule has 158 valence electrons. The summed E-state index contributed by atoms with van der Waals surface area (Å²) in [6.07, 6.45) is 1.97. The molecule has 0 spiro atoms. The lowest BCUT2D eigenvalue weighted by molar-refractivity contribution is 0.596. The summed E-state index contributed by atoms with van der Waals surface area (Å²) in [6.45, 7) is 6.88. The maximum atomic E-state index is 4.99. The van der Waals surface area contributed by atoms with Gasteiger partial charge in [-0.05, 0) is 46.0 Å². The van der Waals surface area contributed by atoms with Crippen LogP contribution in [-0.4, -0.2) is 9.38 Å². The molecule has 7 aromatic rings. The molecule has 3 heterocycles. The Morgan fingerprint density at radius 2 is 1.30 bits per heavy atom. The van der Waals surface area contributed by atoms with Crippen LogP contribution in [0.4, 0.5) is 0 Å². The van der Waals surface area contributed by atoms with Gasteiger partial charge < -0.3 is 4.40 Å². The third kappa shape index (κ3) is 2.46. The van der Waals surface area contributed by atoms with E-state index in [1.165, 1.54) is 60.0 Å². The molecule has 2 heteroatoms. The molecule has 2 nitrogen and oxygen atoms in total. The van der Waals surface area contributed by atoms with Crippen LogP contribution in [-0.2, 0) is 5.41 Å². The van der Waals surface area contributed by atoms with Gasteiger partial charge in [-0.15, -0.1) is 0 Å². The predicted octanol–water partition coefficient (Wildman–Crippen LogP) is 8.35. The number of nitrogens with zero attached hydrogens (tertiary/aromatic N) is 2. The van der Waals surface area contributed by atoms with Crippen LogP contribution in [0.2, 0.25) is 0 Å². The monoisotopic (exact) mass is 424 g/mol. The zero-order valence-electron chi connectivity index (χ0n) is 19.1. The third-order valence-corrected chi connectivity index (χ3v) is 7.08. The summed E-state index contributed by atoms with van der Waals surface area (Å²) in [5, 5.41) is 7.73. The minimum atomic E-state index is 0.0317. The van der Waals surface area contributed by atoms with Gasteiger partial charge in [-0.3, -0.25) is 4.98 Å². The van der Waals surface area contributed by atoms with E-state index >= 15 is 0 Å². The first kappa shape index (κ1) is 18.6. The summed E-state index contributed by atoms with van der Waals surface area (Å²) in [7, 11) is 0. The first-order chi connectivity index (χ1) is 16.0. The molecule has 0 atom stereocenters. The molecule has 0 amide bonds. The van der Waals surface area contributed by atoms with Crippen molar-refractivity contribution in [2.24, 2.45) is 0 Å². The van der Waals surface area contributed by atoms with Crippen LogP contribution < -0.4 is 0 Å². The molecule has 0 bridgehead atoms. The van der Waals surface area contributed by atoms with E-state index in [9.17, 15) is 0 Å². The van der Waals surface area contributed by atoms with E-state index < -0.39 is 0 Å². The minimum Gasteiger partial charge on any atom is -0.306 e. The minimum absolute atomic E-state index is 0.0317. The Bertz CT molecular complexity index is 1850. The highest BCUT2D eigenvalue weighted by Crippen LogP contribution is 2.42. The van der Waals surface area contributed by atoms with Gasteiger partial charge in [0.2, 0.25) is 0 Å². The van der Waals surface area contributed by atoms with Gasteiger partial charge in [0, 0.05) is 33.3 Å². The van der Waals surface area contributed by atoms with Crippen molar-refractivity contribution in [2.75, 3.05) is 0 Å². The van der Waals surface area contributed by atoms with Crippen molar-refractivity contribution in [1.82, 2.24) is 9.38 Å². The normalized spacial score (nSPS) is 12.7. The lowest BCUT2D eigenvalue weighted by Crippen LogP contribution is -2.12. The summed E-state index contributed by atoms with van der Waals surface area (Å²) in [5.41, 5.74) is 7.33. The Kier molecular flexibility index (Phi) is 3.57. The fraction of sp³-hybridized carbons (Fsp3) is 0.129. The smallest absolute Gasteiger partial charge is 0.0949 e. The van der Waals surface area contributed by atoms with Gasteiger partial charge in [0.1, 0.15) is 0 Å². The lowest BCUT2D eigenvalue weighted by Gasteiger charge is -2.23. The molecule has 7 rings (SSSR count). The van der Waals surface area contributed by atoms with Crippen LogP contribution in [0.25, 0.3) is 60.1 Å². The van der Waals surface area contributed by atoms with Crippen LogP contribution in [0.1, 0.15) is 26.3 Å². The lowest BCUT2D eigenvalue weighted by atomic mass is 9.82. The molecule has 0 N–H and O–H groups in total. The number of hydrogen-bond acceptors (Lipinski definition) is 1. The van der Waals surface area contributed by atoms with Crippen molar-refractivity contribution in [1.29, 1.82) is 0 Å². The zero-order chi connectivity index (χ0) is 22.3. The van der Waals surface area contributed by atoms with Crippen molar-refractivity contribution in [3.05, 3.63) is 96.7 Å². The van der Waals surface area contributed by atoms with Crippen molar-refractivity contribution in [3.63, 3.8) is 0 Å². The molecule has 0 aliphatic heterocycles. The van der Waals surface area contributed by atoms with Crippen LogP contribution in [0, 0.1) is 0 Å². The van der Waals surface area contributed by atoms with Crippen LogP contribution in [0.3, 0.4) is 0 Å². The fourth-order valence-electron chi connectivity index (χ4n) is 5.64. The summed E-state index contributed by atoms with van der Waals surface area (Å²) in [6, 6.07) is 30.9. The second-order valence-corrected chi connectivity index (χ2v) is 10.1. The average molecular weight is 425 g/mol. The quantitative estimate of drug-likeness (QED) is 0.259. The molecular formula is C31H24N2. The van der Waals surface area contributed by atoms with Crippen molar-refractivity contribution in [3.8, 4) is 11.3 Å². The van der Waals surface area contributed by atoms with Crippen molar-refractivity contribution in [2.45, 2.75) is 26.2 Å². The molecule has 0 fully saturated rings. The SMILES string of the molecule is CC(C)(C)c1cc(-c2nccc3c4cccc5c6ccccc6n(c23)c54)cc2ccccc12. The van der Waals surface area contributed by atoms with Crippen LogP contribution in [0.5, 0.6) is 0 Å². The Morgan fingerprint density at radius 1 is 0.636 bits per heavy atom. The highest BCUT2D eigenvalue weighted by molar-refractivity contribution is 6.24. The molecule has 33 heavy (non-hydrogen) atoms. The molecular weight excluding hydrogens is 400 g/mol. The van der Waals surface area contributed by atoms with Crippen molar-refractivity contribution >= 4 is 48.9 Å². The fourth-order valence-corrected chi connectivity index (χ4v) is 5.64. The molecule has 4 aromatic carbocycles. The molecule has 0 saturated heterocycles. The number of para-hydroxylation sites is 2. The van der Waals surface area contributed by atoms with Gasteiger partial charge >= 0.3 is 0 Å². The van der Waals surface area contributed by atoms with Gasteiger partial charge in [0.15, 0.2) is 0 Å². The van der Waals surface area contributed by atoms with Gasteiger partial charge in [0.05, 0.1) is 22.2 Å². The number of aromatic nitrogens is 2. The second-order valence-electron chi connectivity index (χ2n) is 10.1. The summed E-state index contributed by atoms with van der Waals surface area (Å²) in [5.74, 6) is 0. The van der Waals surface area contributed by atoms with Crippen molar-refractivity contribution < 1.29 is 0 Å². The summed E-state index contributed by atoms with van der Waals surface area (Å²) < 4.78 is 2.43. The number of pyridine rings is 1. The average Bonchev–Trinajstić information content (AvgIpc) is 3.35. The van der Waals surface area contributed by atoms with Gasteiger partial charge in [-0.25, -0.2) is 0 Å². The zero-order valence-corrected chi connectivity index (χ0v) is 19.1. The molecule has 3 aromatic heterocycles. The van der Waals surface area contributed by atoms with E-state index in [0.29, 0.717) is 0 Å². The van der Waals surface area contributed by atoms with Gasteiger partial charge in [-0.2, -0.15) is 0 Å². The summed E-state index contributed by atoms with van der Waals surface area (Å²) in [4.78, 5) is 4.99. The maximum Gasteiger partial charge on any atom is 0.0949 e. The van der Waals surface area contributed by atoms with E-state index in [-0.39, 0.29) is 5.41 Å².